The van der Waals surface area contributed by atoms with E-state index in [1.807, 2.05) is 13.0 Å². The van der Waals surface area contributed by atoms with Gasteiger partial charge in [-0.1, -0.05) is 5.16 Å². The van der Waals surface area contributed by atoms with Crippen molar-refractivity contribution in [2.24, 2.45) is 0 Å². The van der Waals surface area contributed by atoms with Gasteiger partial charge in [-0.2, -0.15) is 0 Å². The molecule has 0 radical (unpaired) electrons. The van der Waals surface area contributed by atoms with Gasteiger partial charge in [-0.3, -0.25) is 4.90 Å². The zero-order valence-electron chi connectivity index (χ0n) is 13.6. The molecule has 6 heteroatoms. The summed E-state index contributed by atoms with van der Waals surface area (Å²) in [6.45, 7) is 5.09. The summed E-state index contributed by atoms with van der Waals surface area (Å²) in [6, 6.07) is 2.49. The maximum atomic E-state index is 5.46. The van der Waals surface area contributed by atoms with Gasteiger partial charge in [0.2, 0.25) is 0 Å². The van der Waals surface area contributed by atoms with Crippen molar-refractivity contribution >= 4 is 5.82 Å². The van der Waals surface area contributed by atoms with Crippen molar-refractivity contribution in [1.29, 1.82) is 0 Å². The van der Waals surface area contributed by atoms with E-state index in [1.54, 1.807) is 6.33 Å². The number of hydrogen-bond donors (Lipinski definition) is 1. The van der Waals surface area contributed by atoms with Crippen LogP contribution in [0.2, 0.25) is 0 Å². The maximum Gasteiger partial charge on any atom is 0.140 e. The molecule has 0 aromatic carbocycles. The first-order chi connectivity index (χ1) is 11.3. The van der Waals surface area contributed by atoms with Crippen molar-refractivity contribution in [3.8, 4) is 0 Å². The van der Waals surface area contributed by atoms with Gasteiger partial charge in [0, 0.05) is 49.4 Å². The number of nitrogens with zero attached hydrogens (tertiary/aromatic N) is 4. The van der Waals surface area contributed by atoms with Gasteiger partial charge in [-0.05, 0) is 32.6 Å². The fourth-order valence-corrected chi connectivity index (χ4v) is 3.60. The summed E-state index contributed by atoms with van der Waals surface area (Å²) in [5.74, 6) is 2.06. The number of rotatable bonds is 4. The molecule has 2 aromatic rings. The van der Waals surface area contributed by atoms with Gasteiger partial charge in [0.1, 0.15) is 23.6 Å². The Labute approximate surface area is 136 Å². The summed E-state index contributed by atoms with van der Waals surface area (Å²) in [5.41, 5.74) is 3.54. The number of aryl methyl sites for hydroxylation is 2. The maximum absolute atomic E-state index is 5.46. The van der Waals surface area contributed by atoms with Gasteiger partial charge in [-0.25, -0.2) is 9.97 Å². The minimum absolute atomic E-state index is 0.489. The molecule has 23 heavy (non-hydrogen) atoms. The molecule has 0 spiro atoms. The summed E-state index contributed by atoms with van der Waals surface area (Å²) in [6.07, 6.45) is 7.30. The summed E-state index contributed by atoms with van der Waals surface area (Å²) in [5, 5.41) is 7.81. The fraction of sp³-hybridized carbons (Fsp3) is 0.588. The van der Waals surface area contributed by atoms with E-state index in [1.165, 1.54) is 12.0 Å². The van der Waals surface area contributed by atoms with Crippen molar-refractivity contribution in [3.05, 3.63) is 35.1 Å². The number of nitrogens with one attached hydrogen (secondary N) is 1. The molecule has 0 atom stereocenters. The molecule has 6 nitrogen and oxygen atoms in total. The van der Waals surface area contributed by atoms with Gasteiger partial charge >= 0.3 is 0 Å². The molecule has 1 aliphatic carbocycles. The number of piperidine rings is 1. The molecule has 1 N–H and O–H groups in total. The van der Waals surface area contributed by atoms with Crippen LogP contribution in [-0.4, -0.2) is 39.2 Å². The highest BCUT2D eigenvalue weighted by atomic mass is 16.5. The third-order valence-electron chi connectivity index (χ3n) is 4.90. The summed E-state index contributed by atoms with van der Waals surface area (Å²) in [7, 11) is 0. The average molecular weight is 313 g/mol. The Balaban J connectivity index is 1.30. The van der Waals surface area contributed by atoms with Crippen LogP contribution in [0.15, 0.2) is 16.9 Å². The Kier molecular flexibility index (Phi) is 3.99. The van der Waals surface area contributed by atoms with E-state index in [0.717, 1.165) is 68.3 Å². The van der Waals surface area contributed by atoms with Crippen LogP contribution in [0.25, 0.3) is 0 Å². The van der Waals surface area contributed by atoms with E-state index < -0.39 is 0 Å². The van der Waals surface area contributed by atoms with E-state index in [-0.39, 0.29) is 0 Å². The molecule has 1 aliphatic heterocycles. The second kappa shape index (κ2) is 6.28. The van der Waals surface area contributed by atoms with Crippen LogP contribution >= 0.6 is 0 Å². The third kappa shape index (κ3) is 3.22. The van der Waals surface area contributed by atoms with E-state index in [4.69, 9.17) is 4.52 Å². The van der Waals surface area contributed by atoms with E-state index in [0.29, 0.717) is 6.04 Å². The van der Waals surface area contributed by atoms with Crippen LogP contribution in [0.5, 0.6) is 0 Å². The molecule has 0 saturated carbocycles. The van der Waals surface area contributed by atoms with Crippen LogP contribution < -0.4 is 5.32 Å². The number of fused-ring (bicyclic) bond motifs is 1. The van der Waals surface area contributed by atoms with E-state index in [9.17, 15) is 0 Å². The predicted octanol–water partition coefficient (Wildman–Crippen LogP) is 2.34. The Morgan fingerprint density at radius 1 is 1.26 bits per heavy atom. The van der Waals surface area contributed by atoms with Crippen LogP contribution in [0, 0.1) is 6.92 Å². The quantitative estimate of drug-likeness (QED) is 0.934. The SMILES string of the molecule is Cc1cc(NC2CCN(Cc3noc4c3CCC4)CC2)ncn1. The lowest BCUT2D eigenvalue weighted by molar-refractivity contribution is 0.205. The van der Waals surface area contributed by atoms with Gasteiger partial charge in [0.25, 0.3) is 0 Å². The number of aromatic nitrogens is 3. The van der Waals surface area contributed by atoms with E-state index >= 15 is 0 Å². The van der Waals surface area contributed by atoms with Crippen molar-refractivity contribution in [2.75, 3.05) is 18.4 Å². The summed E-state index contributed by atoms with van der Waals surface area (Å²) in [4.78, 5) is 10.9. The van der Waals surface area contributed by atoms with Crippen LogP contribution in [0.3, 0.4) is 0 Å². The fourth-order valence-electron chi connectivity index (χ4n) is 3.60. The lowest BCUT2D eigenvalue weighted by atomic mass is 10.0. The Morgan fingerprint density at radius 3 is 2.96 bits per heavy atom. The van der Waals surface area contributed by atoms with Crippen molar-refractivity contribution in [3.63, 3.8) is 0 Å². The van der Waals surface area contributed by atoms with Gasteiger partial charge in [0.15, 0.2) is 0 Å². The normalized spacial score (nSPS) is 19.0. The highest BCUT2D eigenvalue weighted by Crippen LogP contribution is 2.26. The lowest BCUT2D eigenvalue weighted by Crippen LogP contribution is -2.39. The minimum Gasteiger partial charge on any atom is -0.367 e. The Bertz CT molecular complexity index is 675. The standard InChI is InChI=1S/C17H23N5O/c1-12-9-17(19-11-18-12)20-13-5-7-22(8-6-13)10-15-14-3-2-4-16(14)23-21-15/h9,11,13H,2-8,10H2,1H3,(H,18,19,20). The average Bonchev–Trinajstić information content (AvgIpc) is 3.14. The third-order valence-corrected chi connectivity index (χ3v) is 4.90. The molecule has 1 saturated heterocycles. The van der Waals surface area contributed by atoms with Crippen LogP contribution in [0.1, 0.15) is 42.0 Å². The molecule has 2 aromatic heterocycles. The minimum atomic E-state index is 0.489. The molecule has 0 amide bonds. The molecule has 0 bridgehead atoms. The number of likely N-dealkylation sites (tertiary alicyclic amines) is 1. The van der Waals surface area contributed by atoms with Crippen molar-refractivity contribution < 1.29 is 4.52 Å². The lowest BCUT2D eigenvalue weighted by Gasteiger charge is -2.32. The zero-order chi connectivity index (χ0) is 15.6. The Hall–Kier alpha value is -1.95. The summed E-state index contributed by atoms with van der Waals surface area (Å²) < 4.78 is 5.46. The zero-order valence-corrected chi connectivity index (χ0v) is 13.6. The first-order valence-electron chi connectivity index (χ1n) is 8.52. The molecule has 1 fully saturated rings. The van der Waals surface area contributed by atoms with Gasteiger partial charge in [0.05, 0.1) is 0 Å². The highest BCUT2D eigenvalue weighted by Gasteiger charge is 2.25. The second-order valence-corrected chi connectivity index (χ2v) is 6.62. The second-order valence-electron chi connectivity index (χ2n) is 6.62. The van der Waals surface area contributed by atoms with Gasteiger partial charge in [-0.15, -0.1) is 0 Å². The van der Waals surface area contributed by atoms with Gasteiger partial charge < -0.3 is 9.84 Å². The van der Waals surface area contributed by atoms with Crippen LogP contribution in [-0.2, 0) is 19.4 Å². The Morgan fingerprint density at radius 2 is 2.13 bits per heavy atom. The first kappa shape index (κ1) is 14.6. The van der Waals surface area contributed by atoms with Crippen LogP contribution in [0.4, 0.5) is 5.82 Å². The smallest absolute Gasteiger partial charge is 0.140 e. The topological polar surface area (TPSA) is 67.1 Å². The number of anilines is 1. The summed E-state index contributed by atoms with van der Waals surface area (Å²) >= 11 is 0. The largest absolute Gasteiger partial charge is 0.367 e. The molecule has 4 rings (SSSR count). The van der Waals surface area contributed by atoms with Crippen molar-refractivity contribution in [1.82, 2.24) is 20.0 Å². The molecular weight excluding hydrogens is 290 g/mol. The molecule has 2 aliphatic rings. The van der Waals surface area contributed by atoms with Crippen molar-refractivity contribution in [2.45, 2.75) is 51.6 Å². The van der Waals surface area contributed by atoms with E-state index in [2.05, 4.69) is 25.3 Å². The highest BCUT2D eigenvalue weighted by molar-refractivity contribution is 5.35. The monoisotopic (exact) mass is 313 g/mol. The molecule has 122 valence electrons. The molecule has 0 unspecified atom stereocenters. The predicted molar refractivity (Wildman–Crippen MR) is 87.2 cm³/mol. The number of hydrogen-bond acceptors (Lipinski definition) is 6. The molecular formula is C17H23N5O. The molecule has 3 heterocycles. The first-order valence-corrected chi connectivity index (χ1v) is 8.52.